The summed E-state index contributed by atoms with van der Waals surface area (Å²) in [7, 11) is 0. The van der Waals surface area contributed by atoms with Gasteiger partial charge in [-0.15, -0.1) is 0 Å². The zero-order chi connectivity index (χ0) is 12.4. The van der Waals surface area contributed by atoms with Gasteiger partial charge in [0.15, 0.2) is 0 Å². The molecule has 0 radical (unpaired) electrons. The lowest BCUT2D eigenvalue weighted by atomic mass is 9.96. The van der Waals surface area contributed by atoms with Gasteiger partial charge < -0.3 is 4.98 Å². The van der Waals surface area contributed by atoms with Gasteiger partial charge in [0.1, 0.15) is 5.92 Å². The average Bonchev–Trinajstić information content (AvgIpc) is 2.88. The Kier molecular flexibility index (Phi) is 2.47. The molecule has 0 aliphatic heterocycles. The summed E-state index contributed by atoms with van der Waals surface area (Å²) in [5.41, 5.74) is 3.33. The molecule has 0 saturated carbocycles. The van der Waals surface area contributed by atoms with Gasteiger partial charge in [0.2, 0.25) is 0 Å². The summed E-state index contributed by atoms with van der Waals surface area (Å²) < 4.78 is 0. The van der Waals surface area contributed by atoms with E-state index in [0.717, 1.165) is 16.6 Å². The van der Waals surface area contributed by atoms with Crippen molar-refractivity contribution in [2.24, 2.45) is 0 Å². The molecule has 0 spiro atoms. The normalized spacial score (nSPS) is 12.2. The summed E-state index contributed by atoms with van der Waals surface area (Å²) in [5.74, 6) is -0.411. The van der Waals surface area contributed by atoms with Gasteiger partial charge in [-0.1, -0.05) is 6.07 Å². The highest BCUT2D eigenvalue weighted by Gasteiger charge is 2.15. The highest BCUT2D eigenvalue weighted by Crippen LogP contribution is 2.24. The van der Waals surface area contributed by atoms with Gasteiger partial charge >= 0.3 is 0 Å². The van der Waals surface area contributed by atoms with Gasteiger partial charge in [0, 0.05) is 6.20 Å². The topological polar surface area (TPSA) is 78.2 Å². The number of fused-ring (bicyclic) bond motifs is 1. The SMILES string of the molecule is N#CC(c1ccc2nc[nH]c2c1)c1cccnn1. The number of hydrogen-bond acceptors (Lipinski definition) is 4. The molecule has 86 valence electrons. The van der Waals surface area contributed by atoms with Gasteiger partial charge in [0.05, 0.1) is 29.1 Å². The molecule has 0 aliphatic carbocycles. The van der Waals surface area contributed by atoms with Crippen LogP contribution in [0, 0.1) is 11.3 Å². The molecule has 3 rings (SSSR count). The lowest BCUT2D eigenvalue weighted by molar-refractivity contribution is 0.885. The van der Waals surface area contributed by atoms with E-state index in [0.29, 0.717) is 5.69 Å². The number of nitrogens with zero attached hydrogens (tertiary/aromatic N) is 4. The maximum absolute atomic E-state index is 9.31. The Bertz CT molecular complexity index is 711. The Morgan fingerprint density at radius 3 is 3.00 bits per heavy atom. The lowest BCUT2D eigenvalue weighted by Crippen LogP contribution is -2.01. The molecule has 2 heterocycles. The van der Waals surface area contributed by atoms with E-state index in [9.17, 15) is 5.26 Å². The number of nitrogens with one attached hydrogen (secondary N) is 1. The number of nitriles is 1. The number of rotatable bonds is 2. The van der Waals surface area contributed by atoms with Crippen LogP contribution in [0.1, 0.15) is 17.2 Å². The van der Waals surface area contributed by atoms with Crippen LogP contribution in [-0.2, 0) is 0 Å². The van der Waals surface area contributed by atoms with Gasteiger partial charge in [-0.05, 0) is 29.8 Å². The second kappa shape index (κ2) is 4.26. The van der Waals surface area contributed by atoms with Crippen LogP contribution in [-0.4, -0.2) is 20.2 Å². The first-order valence-electron chi connectivity index (χ1n) is 5.49. The van der Waals surface area contributed by atoms with E-state index < -0.39 is 5.92 Å². The minimum absolute atomic E-state index is 0.411. The predicted octanol–water partition coefficient (Wildman–Crippen LogP) is 2.01. The molecule has 0 saturated heterocycles. The van der Waals surface area contributed by atoms with Crippen LogP contribution in [0.15, 0.2) is 42.9 Å². The number of aromatic nitrogens is 4. The van der Waals surface area contributed by atoms with Crippen LogP contribution in [0.5, 0.6) is 0 Å². The fourth-order valence-electron chi connectivity index (χ4n) is 1.91. The monoisotopic (exact) mass is 235 g/mol. The van der Waals surface area contributed by atoms with Crippen molar-refractivity contribution < 1.29 is 0 Å². The van der Waals surface area contributed by atoms with Gasteiger partial charge in [-0.3, -0.25) is 0 Å². The third kappa shape index (κ3) is 1.70. The molecular weight excluding hydrogens is 226 g/mol. The highest BCUT2D eigenvalue weighted by atomic mass is 15.1. The molecule has 0 fully saturated rings. The Balaban J connectivity index is 2.09. The number of aromatic amines is 1. The first kappa shape index (κ1) is 10.4. The van der Waals surface area contributed by atoms with Crippen molar-refractivity contribution >= 4 is 11.0 Å². The molecule has 0 amide bonds. The Labute approximate surface area is 103 Å². The molecule has 0 aliphatic rings. The number of imidazole rings is 1. The van der Waals surface area contributed by atoms with Crippen molar-refractivity contribution in [2.75, 3.05) is 0 Å². The maximum atomic E-state index is 9.31. The molecule has 1 atom stereocenters. The van der Waals surface area contributed by atoms with Crippen LogP contribution in [0.25, 0.3) is 11.0 Å². The molecule has 5 nitrogen and oxygen atoms in total. The third-order valence-corrected chi connectivity index (χ3v) is 2.80. The summed E-state index contributed by atoms with van der Waals surface area (Å²) >= 11 is 0. The molecule has 1 aromatic carbocycles. The molecule has 3 aromatic rings. The number of H-pyrrole nitrogens is 1. The van der Waals surface area contributed by atoms with Crippen LogP contribution in [0.4, 0.5) is 0 Å². The first-order chi connectivity index (χ1) is 8.88. The third-order valence-electron chi connectivity index (χ3n) is 2.80. The van der Waals surface area contributed by atoms with Crippen molar-refractivity contribution in [1.82, 2.24) is 20.2 Å². The lowest BCUT2D eigenvalue weighted by Gasteiger charge is -2.07. The summed E-state index contributed by atoms with van der Waals surface area (Å²) in [6.07, 6.45) is 3.23. The molecule has 5 heteroatoms. The second-order valence-corrected chi connectivity index (χ2v) is 3.89. The maximum Gasteiger partial charge on any atom is 0.115 e. The summed E-state index contributed by atoms with van der Waals surface area (Å²) in [6, 6.07) is 11.5. The zero-order valence-corrected chi connectivity index (χ0v) is 9.41. The van der Waals surface area contributed by atoms with E-state index in [1.54, 1.807) is 24.7 Å². The van der Waals surface area contributed by atoms with Crippen molar-refractivity contribution in [3.63, 3.8) is 0 Å². The average molecular weight is 235 g/mol. The predicted molar refractivity (Wildman–Crippen MR) is 65.6 cm³/mol. The van der Waals surface area contributed by atoms with E-state index in [1.807, 2.05) is 18.2 Å². The minimum Gasteiger partial charge on any atom is -0.345 e. The van der Waals surface area contributed by atoms with Gasteiger partial charge in [0.25, 0.3) is 0 Å². The van der Waals surface area contributed by atoms with Gasteiger partial charge in [-0.2, -0.15) is 15.5 Å². The zero-order valence-electron chi connectivity index (χ0n) is 9.41. The summed E-state index contributed by atoms with van der Waals surface area (Å²) in [6.45, 7) is 0. The fraction of sp³-hybridized carbons (Fsp3) is 0.0769. The first-order valence-corrected chi connectivity index (χ1v) is 5.49. The van der Waals surface area contributed by atoms with Crippen molar-refractivity contribution in [2.45, 2.75) is 5.92 Å². The van der Waals surface area contributed by atoms with Crippen LogP contribution < -0.4 is 0 Å². The van der Waals surface area contributed by atoms with Crippen molar-refractivity contribution in [1.29, 1.82) is 5.26 Å². The van der Waals surface area contributed by atoms with Crippen LogP contribution in [0.3, 0.4) is 0 Å². The van der Waals surface area contributed by atoms with E-state index >= 15 is 0 Å². The summed E-state index contributed by atoms with van der Waals surface area (Å²) in [4.78, 5) is 7.19. The largest absolute Gasteiger partial charge is 0.345 e. The quantitative estimate of drug-likeness (QED) is 0.736. The Morgan fingerprint density at radius 1 is 1.28 bits per heavy atom. The van der Waals surface area contributed by atoms with Crippen LogP contribution >= 0.6 is 0 Å². The van der Waals surface area contributed by atoms with E-state index in [4.69, 9.17) is 0 Å². The van der Waals surface area contributed by atoms with E-state index in [2.05, 4.69) is 26.2 Å². The smallest absolute Gasteiger partial charge is 0.115 e. The standard InChI is InChI=1S/C13H9N5/c14-7-10(11-2-1-5-17-18-11)9-3-4-12-13(6-9)16-8-15-12/h1-6,8,10H,(H,15,16). The van der Waals surface area contributed by atoms with Crippen molar-refractivity contribution in [3.05, 3.63) is 54.1 Å². The number of benzene rings is 1. The van der Waals surface area contributed by atoms with Gasteiger partial charge in [-0.25, -0.2) is 4.98 Å². The molecule has 1 N–H and O–H groups in total. The second-order valence-electron chi connectivity index (χ2n) is 3.89. The molecule has 2 aromatic heterocycles. The Morgan fingerprint density at radius 2 is 2.22 bits per heavy atom. The summed E-state index contributed by atoms with van der Waals surface area (Å²) in [5, 5.41) is 17.1. The molecular formula is C13H9N5. The highest BCUT2D eigenvalue weighted by molar-refractivity contribution is 5.75. The van der Waals surface area contributed by atoms with E-state index in [1.165, 1.54) is 0 Å². The van der Waals surface area contributed by atoms with Crippen LogP contribution in [0.2, 0.25) is 0 Å². The molecule has 18 heavy (non-hydrogen) atoms. The molecule has 0 bridgehead atoms. The van der Waals surface area contributed by atoms with E-state index in [-0.39, 0.29) is 0 Å². The fourth-order valence-corrected chi connectivity index (χ4v) is 1.91. The van der Waals surface area contributed by atoms with Crippen molar-refractivity contribution in [3.8, 4) is 6.07 Å². The number of hydrogen-bond donors (Lipinski definition) is 1. The molecule has 1 unspecified atom stereocenters. The Hall–Kier alpha value is -2.74. The minimum atomic E-state index is -0.411.